The fourth-order valence-corrected chi connectivity index (χ4v) is 0.880. The van der Waals surface area contributed by atoms with E-state index in [0.717, 1.165) is 0 Å². The van der Waals surface area contributed by atoms with Gasteiger partial charge in [0.1, 0.15) is 0 Å². The molecule has 0 radical (unpaired) electrons. The van der Waals surface area contributed by atoms with E-state index in [-0.39, 0.29) is 6.42 Å². The molecule has 1 nitrogen and oxygen atoms in total. The summed E-state index contributed by atoms with van der Waals surface area (Å²) in [5, 5.41) is 2.81. The first-order valence-electron chi connectivity index (χ1n) is 3.07. The van der Waals surface area contributed by atoms with E-state index in [1.54, 1.807) is 0 Å². The number of hydrogen-bond acceptors (Lipinski definition) is 1. The van der Waals surface area contributed by atoms with Crippen LogP contribution in [-0.4, -0.2) is 19.3 Å². The maximum atomic E-state index is 11.8. The van der Waals surface area contributed by atoms with Crippen LogP contribution in [0.15, 0.2) is 11.6 Å². The molecule has 1 heterocycles. The summed E-state index contributed by atoms with van der Waals surface area (Å²) < 4.78 is 35.5. The van der Waals surface area contributed by atoms with Crippen LogP contribution in [-0.2, 0) is 0 Å². The van der Waals surface area contributed by atoms with Gasteiger partial charge in [-0.1, -0.05) is 6.08 Å². The third-order valence-electron chi connectivity index (χ3n) is 1.43. The molecule has 58 valence electrons. The average molecular weight is 151 g/mol. The van der Waals surface area contributed by atoms with Gasteiger partial charge in [0.2, 0.25) is 0 Å². The lowest BCUT2D eigenvalue weighted by Crippen LogP contribution is -2.26. The second-order valence-corrected chi connectivity index (χ2v) is 2.18. The minimum atomic E-state index is -4.11. The molecule has 1 aliphatic heterocycles. The van der Waals surface area contributed by atoms with Crippen molar-refractivity contribution in [2.24, 2.45) is 0 Å². The first-order valence-corrected chi connectivity index (χ1v) is 3.07. The number of halogens is 3. The molecule has 0 saturated heterocycles. The van der Waals surface area contributed by atoms with Crippen molar-refractivity contribution in [2.75, 3.05) is 13.1 Å². The molecule has 1 aliphatic rings. The molecule has 1 rings (SSSR count). The highest BCUT2D eigenvalue weighted by atomic mass is 19.4. The normalized spacial score (nSPS) is 20.5. The van der Waals surface area contributed by atoms with Crippen LogP contribution in [0.25, 0.3) is 0 Å². The molecule has 0 bridgehead atoms. The monoisotopic (exact) mass is 151 g/mol. The third-order valence-corrected chi connectivity index (χ3v) is 1.43. The predicted molar refractivity (Wildman–Crippen MR) is 31.6 cm³/mol. The van der Waals surface area contributed by atoms with Gasteiger partial charge in [-0.3, -0.25) is 0 Å². The summed E-state index contributed by atoms with van der Waals surface area (Å²) in [5.74, 6) is 0. The Labute approximate surface area is 56.9 Å². The van der Waals surface area contributed by atoms with Crippen LogP contribution in [0.4, 0.5) is 13.2 Å². The van der Waals surface area contributed by atoms with Gasteiger partial charge >= 0.3 is 6.18 Å². The quantitative estimate of drug-likeness (QED) is 0.517. The van der Waals surface area contributed by atoms with Crippen molar-refractivity contribution in [2.45, 2.75) is 12.6 Å². The minimum absolute atomic E-state index is 0.101. The van der Waals surface area contributed by atoms with Gasteiger partial charge in [-0.05, 0) is 13.0 Å². The molecule has 0 saturated carbocycles. The zero-order valence-corrected chi connectivity index (χ0v) is 5.33. The third kappa shape index (κ3) is 1.73. The minimum Gasteiger partial charge on any atom is -0.313 e. The Bertz CT molecular complexity index is 148. The van der Waals surface area contributed by atoms with Gasteiger partial charge in [-0.25, -0.2) is 0 Å². The van der Waals surface area contributed by atoms with Crippen LogP contribution in [0.5, 0.6) is 0 Å². The van der Waals surface area contributed by atoms with E-state index in [0.29, 0.717) is 13.1 Å². The smallest absolute Gasteiger partial charge is 0.313 e. The molecule has 0 aliphatic carbocycles. The number of rotatable bonds is 0. The molecule has 0 amide bonds. The summed E-state index contributed by atoms with van der Waals surface area (Å²) in [5.41, 5.74) is -0.397. The van der Waals surface area contributed by atoms with Gasteiger partial charge in [0.05, 0.1) is 0 Å². The summed E-state index contributed by atoms with van der Waals surface area (Å²) in [4.78, 5) is 0. The number of hydrogen-bond donors (Lipinski definition) is 1. The maximum absolute atomic E-state index is 11.8. The topological polar surface area (TPSA) is 12.0 Å². The van der Waals surface area contributed by atoms with Gasteiger partial charge in [0.15, 0.2) is 0 Å². The van der Waals surface area contributed by atoms with E-state index in [2.05, 4.69) is 5.32 Å². The van der Waals surface area contributed by atoms with E-state index in [1.807, 2.05) is 0 Å². The Morgan fingerprint density at radius 2 is 2.10 bits per heavy atom. The van der Waals surface area contributed by atoms with Gasteiger partial charge in [-0.2, -0.15) is 13.2 Å². The predicted octanol–water partition coefficient (Wildman–Crippen LogP) is 1.47. The van der Waals surface area contributed by atoms with Crippen LogP contribution in [0, 0.1) is 0 Å². The molecule has 0 atom stereocenters. The molecule has 0 aromatic carbocycles. The lowest BCUT2D eigenvalue weighted by atomic mass is 10.1. The van der Waals surface area contributed by atoms with E-state index in [9.17, 15) is 13.2 Å². The lowest BCUT2D eigenvalue weighted by Gasteiger charge is -2.15. The first kappa shape index (κ1) is 7.60. The summed E-state index contributed by atoms with van der Waals surface area (Å²) in [6.45, 7) is 0.778. The largest absolute Gasteiger partial charge is 0.412 e. The van der Waals surface area contributed by atoms with Crippen molar-refractivity contribution in [1.29, 1.82) is 0 Å². The Hall–Kier alpha value is -0.510. The molecule has 0 unspecified atom stereocenters. The molecule has 0 fully saturated rings. The van der Waals surface area contributed by atoms with Crippen LogP contribution in [0.1, 0.15) is 6.42 Å². The molecule has 0 aromatic heterocycles. The summed E-state index contributed by atoms with van der Waals surface area (Å²) in [6, 6.07) is 0. The van der Waals surface area contributed by atoms with Crippen molar-refractivity contribution >= 4 is 0 Å². The SMILES string of the molecule is FC(F)(F)C1=CCNCC1. The second kappa shape index (κ2) is 2.62. The average Bonchev–Trinajstić information content (AvgIpc) is 1.88. The van der Waals surface area contributed by atoms with E-state index in [4.69, 9.17) is 0 Å². The Balaban J connectivity index is 2.62. The van der Waals surface area contributed by atoms with Crippen LogP contribution in [0.2, 0.25) is 0 Å². The van der Waals surface area contributed by atoms with Gasteiger partial charge in [0.25, 0.3) is 0 Å². The van der Waals surface area contributed by atoms with E-state index < -0.39 is 11.7 Å². The van der Waals surface area contributed by atoms with Crippen molar-refractivity contribution < 1.29 is 13.2 Å². The van der Waals surface area contributed by atoms with Gasteiger partial charge < -0.3 is 5.32 Å². The van der Waals surface area contributed by atoms with Crippen molar-refractivity contribution in [1.82, 2.24) is 5.32 Å². The highest BCUT2D eigenvalue weighted by Crippen LogP contribution is 2.28. The Kier molecular flexibility index (Phi) is 1.99. The molecule has 0 aromatic rings. The van der Waals surface area contributed by atoms with E-state index >= 15 is 0 Å². The molecular weight excluding hydrogens is 143 g/mol. The maximum Gasteiger partial charge on any atom is 0.412 e. The number of alkyl halides is 3. The van der Waals surface area contributed by atoms with E-state index in [1.165, 1.54) is 6.08 Å². The van der Waals surface area contributed by atoms with Crippen LogP contribution < -0.4 is 5.32 Å². The second-order valence-electron chi connectivity index (χ2n) is 2.18. The fourth-order valence-electron chi connectivity index (χ4n) is 0.880. The Morgan fingerprint density at radius 3 is 2.40 bits per heavy atom. The summed E-state index contributed by atoms with van der Waals surface area (Å²) in [6.07, 6.45) is -2.81. The molecular formula is C6H8F3N. The van der Waals surface area contributed by atoms with Gasteiger partial charge in [-0.15, -0.1) is 0 Å². The summed E-state index contributed by atoms with van der Waals surface area (Å²) >= 11 is 0. The Morgan fingerprint density at radius 1 is 1.40 bits per heavy atom. The van der Waals surface area contributed by atoms with Crippen LogP contribution >= 0.6 is 0 Å². The highest BCUT2D eigenvalue weighted by molar-refractivity contribution is 5.12. The lowest BCUT2D eigenvalue weighted by molar-refractivity contribution is -0.0946. The molecule has 1 N–H and O–H groups in total. The zero-order valence-electron chi connectivity index (χ0n) is 5.33. The fraction of sp³-hybridized carbons (Fsp3) is 0.667. The first-order chi connectivity index (χ1) is 4.61. The van der Waals surface area contributed by atoms with Crippen molar-refractivity contribution in [3.63, 3.8) is 0 Å². The summed E-state index contributed by atoms with van der Waals surface area (Å²) in [7, 11) is 0. The molecule has 0 spiro atoms. The number of nitrogens with one attached hydrogen (secondary N) is 1. The molecule has 10 heavy (non-hydrogen) atoms. The molecule has 4 heteroatoms. The standard InChI is InChI=1S/C6H8F3N/c7-6(8,9)5-1-3-10-4-2-5/h1,10H,2-4H2. The van der Waals surface area contributed by atoms with Crippen molar-refractivity contribution in [3.05, 3.63) is 11.6 Å². The van der Waals surface area contributed by atoms with Gasteiger partial charge in [0, 0.05) is 12.1 Å². The highest BCUT2D eigenvalue weighted by Gasteiger charge is 2.33. The zero-order chi connectivity index (χ0) is 7.61. The van der Waals surface area contributed by atoms with Crippen LogP contribution in [0.3, 0.4) is 0 Å². The van der Waals surface area contributed by atoms with Crippen molar-refractivity contribution in [3.8, 4) is 0 Å².